The van der Waals surface area contributed by atoms with E-state index in [1.54, 1.807) is 6.92 Å². The van der Waals surface area contributed by atoms with Crippen LogP contribution in [0.3, 0.4) is 0 Å². The van der Waals surface area contributed by atoms with Crippen LogP contribution >= 0.6 is 0 Å². The summed E-state index contributed by atoms with van der Waals surface area (Å²) in [5.41, 5.74) is 0.821. The molecule has 0 saturated carbocycles. The Balaban J connectivity index is 3.04. The van der Waals surface area contributed by atoms with E-state index in [4.69, 9.17) is 10.00 Å². The molecule has 0 spiro atoms. The number of nitriles is 1. The molecule has 7 heteroatoms. The van der Waals surface area contributed by atoms with Crippen molar-refractivity contribution in [1.82, 2.24) is 15.0 Å². The Morgan fingerprint density at radius 3 is 2.75 bits per heavy atom. The van der Waals surface area contributed by atoms with Gasteiger partial charge in [0.25, 0.3) is 6.43 Å². The van der Waals surface area contributed by atoms with Crippen LogP contribution in [0, 0.1) is 11.3 Å². The van der Waals surface area contributed by atoms with Crippen LogP contribution in [0.2, 0.25) is 0 Å². The minimum Gasteiger partial charge on any atom is -0.375 e. The van der Waals surface area contributed by atoms with Crippen LogP contribution in [0.5, 0.6) is 0 Å². The quantitative estimate of drug-likeness (QED) is 0.765. The monoisotopic (exact) mass is 230 g/mol. The van der Waals surface area contributed by atoms with Gasteiger partial charge in [0.05, 0.1) is 24.3 Å². The molecule has 1 unspecified atom stereocenters. The summed E-state index contributed by atoms with van der Waals surface area (Å²) in [5.74, 6) is 0. The first-order valence-corrected chi connectivity index (χ1v) is 4.70. The lowest BCUT2D eigenvalue weighted by atomic mass is 10.2. The Morgan fingerprint density at radius 1 is 1.56 bits per heavy atom. The van der Waals surface area contributed by atoms with Crippen LogP contribution in [0.4, 0.5) is 8.78 Å². The van der Waals surface area contributed by atoms with E-state index >= 15 is 0 Å². The van der Waals surface area contributed by atoms with E-state index in [1.807, 2.05) is 6.07 Å². The van der Waals surface area contributed by atoms with E-state index in [2.05, 4.69) is 10.3 Å². The molecule has 1 rings (SSSR count). The maximum absolute atomic E-state index is 12.3. The largest absolute Gasteiger partial charge is 0.375 e. The fourth-order valence-electron chi connectivity index (χ4n) is 1.38. The summed E-state index contributed by atoms with van der Waals surface area (Å²) in [6.45, 7) is 1.16. The molecule has 1 heterocycles. The zero-order valence-corrected chi connectivity index (χ0v) is 9.02. The second-order valence-electron chi connectivity index (χ2n) is 3.21. The highest BCUT2D eigenvalue weighted by atomic mass is 19.3. The predicted molar refractivity (Wildman–Crippen MR) is 50.8 cm³/mol. The van der Waals surface area contributed by atoms with Gasteiger partial charge in [-0.3, -0.25) is 0 Å². The standard InChI is InChI=1S/C9H12F2N4O/c1-6(16-2)9-7(3-4-12)13-14-15(9)5-8(10)11/h6,8H,3,5H2,1-2H3. The highest BCUT2D eigenvalue weighted by molar-refractivity contribution is 5.16. The molecule has 0 aliphatic heterocycles. The minimum atomic E-state index is -2.51. The van der Waals surface area contributed by atoms with Crippen LogP contribution in [0.1, 0.15) is 24.4 Å². The van der Waals surface area contributed by atoms with Crippen molar-refractivity contribution in [3.05, 3.63) is 11.4 Å². The summed E-state index contributed by atoms with van der Waals surface area (Å²) in [4.78, 5) is 0. The van der Waals surface area contributed by atoms with Crippen LogP contribution in [0.15, 0.2) is 0 Å². The van der Waals surface area contributed by atoms with Crippen molar-refractivity contribution in [3.63, 3.8) is 0 Å². The van der Waals surface area contributed by atoms with Gasteiger partial charge < -0.3 is 4.74 Å². The summed E-state index contributed by atoms with van der Waals surface area (Å²) < 4.78 is 30.7. The molecule has 0 radical (unpaired) electrons. The zero-order valence-electron chi connectivity index (χ0n) is 9.02. The summed E-state index contributed by atoms with van der Waals surface area (Å²) in [5, 5.41) is 15.9. The van der Waals surface area contributed by atoms with Gasteiger partial charge >= 0.3 is 0 Å². The van der Waals surface area contributed by atoms with Gasteiger partial charge in [-0.15, -0.1) is 5.10 Å². The Kier molecular flexibility index (Phi) is 4.31. The molecule has 16 heavy (non-hydrogen) atoms. The zero-order chi connectivity index (χ0) is 12.1. The third-order valence-electron chi connectivity index (χ3n) is 2.14. The normalized spacial score (nSPS) is 12.8. The Labute approximate surface area is 91.6 Å². The van der Waals surface area contributed by atoms with Crippen molar-refractivity contribution < 1.29 is 13.5 Å². The molecule has 5 nitrogen and oxygen atoms in total. The fraction of sp³-hybridized carbons (Fsp3) is 0.667. The number of halogens is 2. The highest BCUT2D eigenvalue weighted by Gasteiger charge is 2.20. The summed E-state index contributed by atoms with van der Waals surface area (Å²) >= 11 is 0. The number of nitrogens with zero attached hydrogens (tertiary/aromatic N) is 4. The Bertz CT molecular complexity index is 385. The number of aromatic nitrogens is 3. The molecule has 0 fully saturated rings. The number of rotatable bonds is 5. The molecule has 88 valence electrons. The van der Waals surface area contributed by atoms with Crippen molar-refractivity contribution in [2.75, 3.05) is 7.11 Å². The van der Waals surface area contributed by atoms with Gasteiger partial charge in [-0.25, -0.2) is 13.5 Å². The van der Waals surface area contributed by atoms with E-state index < -0.39 is 19.1 Å². The third-order valence-corrected chi connectivity index (χ3v) is 2.14. The maximum atomic E-state index is 12.3. The van der Waals surface area contributed by atoms with Gasteiger partial charge in [-0.05, 0) is 6.92 Å². The molecule has 0 aromatic carbocycles. The average molecular weight is 230 g/mol. The number of hydrogen-bond donors (Lipinski definition) is 0. The molecule has 0 saturated heterocycles. The van der Waals surface area contributed by atoms with Crippen molar-refractivity contribution in [1.29, 1.82) is 5.26 Å². The lowest BCUT2D eigenvalue weighted by Crippen LogP contribution is -2.14. The van der Waals surface area contributed by atoms with Gasteiger partial charge in [-0.1, -0.05) is 5.21 Å². The topological polar surface area (TPSA) is 63.7 Å². The summed E-state index contributed by atoms with van der Waals surface area (Å²) in [7, 11) is 1.46. The summed E-state index contributed by atoms with van der Waals surface area (Å²) in [6.07, 6.45) is -2.90. The number of ether oxygens (including phenoxy) is 1. The maximum Gasteiger partial charge on any atom is 0.257 e. The minimum absolute atomic E-state index is 0.0340. The lowest BCUT2D eigenvalue weighted by molar-refractivity contribution is 0.0934. The number of methoxy groups -OCH3 is 1. The van der Waals surface area contributed by atoms with Crippen LogP contribution in [-0.2, 0) is 17.7 Å². The van der Waals surface area contributed by atoms with E-state index in [1.165, 1.54) is 7.11 Å². The lowest BCUT2D eigenvalue weighted by Gasteiger charge is -2.12. The third kappa shape index (κ3) is 2.73. The second kappa shape index (κ2) is 5.51. The molecular formula is C9H12F2N4O. The number of alkyl halides is 2. The highest BCUT2D eigenvalue weighted by Crippen LogP contribution is 2.19. The fourth-order valence-corrected chi connectivity index (χ4v) is 1.38. The van der Waals surface area contributed by atoms with Gasteiger partial charge in [-0.2, -0.15) is 5.26 Å². The summed E-state index contributed by atoms with van der Waals surface area (Å²) in [6, 6.07) is 1.91. The second-order valence-corrected chi connectivity index (χ2v) is 3.21. The van der Waals surface area contributed by atoms with Crippen LogP contribution in [0.25, 0.3) is 0 Å². The number of hydrogen-bond acceptors (Lipinski definition) is 4. The molecule has 1 aromatic rings. The van der Waals surface area contributed by atoms with Crippen molar-refractivity contribution in [2.45, 2.75) is 32.4 Å². The van der Waals surface area contributed by atoms with E-state index in [-0.39, 0.29) is 6.42 Å². The first kappa shape index (κ1) is 12.5. The van der Waals surface area contributed by atoms with E-state index in [0.717, 1.165) is 4.68 Å². The smallest absolute Gasteiger partial charge is 0.257 e. The van der Waals surface area contributed by atoms with Gasteiger partial charge in [0.2, 0.25) is 0 Å². The first-order chi connectivity index (χ1) is 7.60. The van der Waals surface area contributed by atoms with Crippen molar-refractivity contribution in [3.8, 4) is 6.07 Å². The van der Waals surface area contributed by atoms with Gasteiger partial charge in [0, 0.05) is 7.11 Å². The molecule has 0 N–H and O–H groups in total. The van der Waals surface area contributed by atoms with Gasteiger partial charge in [0.15, 0.2) is 0 Å². The molecule has 1 atom stereocenters. The Morgan fingerprint density at radius 2 is 2.25 bits per heavy atom. The van der Waals surface area contributed by atoms with Crippen molar-refractivity contribution >= 4 is 0 Å². The van der Waals surface area contributed by atoms with Crippen LogP contribution < -0.4 is 0 Å². The van der Waals surface area contributed by atoms with Gasteiger partial charge in [0.1, 0.15) is 12.2 Å². The van der Waals surface area contributed by atoms with Crippen molar-refractivity contribution in [2.24, 2.45) is 0 Å². The molecule has 0 aliphatic rings. The predicted octanol–water partition coefficient (Wildman–Crippen LogP) is 1.32. The van der Waals surface area contributed by atoms with E-state index in [0.29, 0.717) is 11.4 Å². The molecular weight excluding hydrogens is 218 g/mol. The average Bonchev–Trinajstić information content (AvgIpc) is 2.60. The SMILES string of the molecule is COC(C)c1c(CC#N)nnn1CC(F)F. The molecule has 0 bridgehead atoms. The Hall–Kier alpha value is -1.55. The first-order valence-electron chi connectivity index (χ1n) is 4.70. The molecule has 1 aromatic heterocycles. The van der Waals surface area contributed by atoms with E-state index in [9.17, 15) is 8.78 Å². The molecule has 0 amide bonds. The van der Waals surface area contributed by atoms with Crippen LogP contribution in [-0.4, -0.2) is 28.5 Å². The molecule has 0 aliphatic carbocycles.